The van der Waals surface area contributed by atoms with Crippen LogP contribution >= 0.6 is 0 Å². The van der Waals surface area contributed by atoms with E-state index in [1.165, 1.54) is 37.8 Å². The fraction of sp³-hybridized carbons (Fsp3) is 0.846. The van der Waals surface area contributed by atoms with E-state index in [0.29, 0.717) is 4.66 Å². The standard InChI is InChI=1S/C13H26O2Si2/c1-4-17(12-8-6-10-15-17)13(2,3)16-11-7-5-9-14-16/h4,16H,1,5-12H2,2-3H3. The lowest BCUT2D eigenvalue weighted by Crippen LogP contribution is -2.56. The summed E-state index contributed by atoms with van der Waals surface area (Å²) in [6.45, 7) is 10.9. The summed E-state index contributed by atoms with van der Waals surface area (Å²) in [5.74, 6) is 0. The van der Waals surface area contributed by atoms with Gasteiger partial charge in [0.15, 0.2) is 9.04 Å². The molecule has 0 N–H and O–H groups in total. The monoisotopic (exact) mass is 270 g/mol. The van der Waals surface area contributed by atoms with Gasteiger partial charge < -0.3 is 8.85 Å². The van der Waals surface area contributed by atoms with Gasteiger partial charge in [0.2, 0.25) is 8.32 Å². The summed E-state index contributed by atoms with van der Waals surface area (Å²) >= 11 is 0. The molecule has 17 heavy (non-hydrogen) atoms. The summed E-state index contributed by atoms with van der Waals surface area (Å²) in [7, 11) is -2.90. The lowest BCUT2D eigenvalue weighted by Gasteiger charge is -2.48. The lowest BCUT2D eigenvalue weighted by atomic mass is 10.4. The molecule has 0 bridgehead atoms. The highest BCUT2D eigenvalue weighted by Crippen LogP contribution is 2.48. The highest BCUT2D eigenvalue weighted by molar-refractivity contribution is 6.92. The van der Waals surface area contributed by atoms with E-state index in [0.717, 1.165) is 13.2 Å². The lowest BCUT2D eigenvalue weighted by molar-refractivity contribution is 0.244. The number of hydrogen-bond donors (Lipinski definition) is 0. The second kappa shape index (κ2) is 5.38. The molecule has 2 saturated heterocycles. The Labute approximate surface area is 108 Å². The molecule has 0 spiro atoms. The summed E-state index contributed by atoms with van der Waals surface area (Å²) in [4.78, 5) is 0. The third-order valence-corrected chi connectivity index (χ3v) is 15.0. The normalized spacial score (nSPS) is 35.5. The maximum atomic E-state index is 6.31. The SMILES string of the molecule is C=C[Si]1(C(C)(C)[SiH]2CCCCO2)CCCCO1. The second-order valence-electron chi connectivity index (χ2n) is 5.98. The molecule has 2 aliphatic rings. The van der Waals surface area contributed by atoms with E-state index in [2.05, 4.69) is 26.1 Å². The van der Waals surface area contributed by atoms with Gasteiger partial charge >= 0.3 is 0 Å². The molecule has 2 rings (SSSR count). The molecule has 2 atom stereocenters. The molecule has 0 aromatic rings. The first-order valence-corrected chi connectivity index (χ1v) is 11.1. The van der Waals surface area contributed by atoms with Crippen molar-refractivity contribution >= 4 is 17.4 Å². The molecule has 0 amide bonds. The first-order valence-electron chi connectivity index (χ1n) is 7.01. The van der Waals surface area contributed by atoms with Crippen molar-refractivity contribution in [1.82, 2.24) is 0 Å². The molecule has 0 aliphatic carbocycles. The van der Waals surface area contributed by atoms with Crippen molar-refractivity contribution in [1.29, 1.82) is 0 Å². The van der Waals surface area contributed by atoms with Crippen LogP contribution in [0, 0.1) is 0 Å². The van der Waals surface area contributed by atoms with Crippen LogP contribution in [0.3, 0.4) is 0 Å². The Bertz CT molecular complexity index is 267. The van der Waals surface area contributed by atoms with E-state index in [4.69, 9.17) is 8.85 Å². The smallest absolute Gasteiger partial charge is 0.221 e. The topological polar surface area (TPSA) is 18.5 Å². The molecule has 4 heteroatoms. The first-order chi connectivity index (χ1) is 8.12. The van der Waals surface area contributed by atoms with Gasteiger partial charge in [-0.15, -0.1) is 6.58 Å². The minimum absolute atomic E-state index is 0.301. The van der Waals surface area contributed by atoms with Crippen molar-refractivity contribution in [3.63, 3.8) is 0 Å². The second-order valence-corrected chi connectivity index (χ2v) is 14.1. The predicted molar refractivity (Wildman–Crippen MR) is 77.1 cm³/mol. The van der Waals surface area contributed by atoms with Crippen LogP contribution in [-0.4, -0.2) is 30.6 Å². The highest BCUT2D eigenvalue weighted by Gasteiger charge is 2.53. The summed E-state index contributed by atoms with van der Waals surface area (Å²) in [6.07, 6.45) is 5.17. The average molecular weight is 271 g/mol. The van der Waals surface area contributed by atoms with Gasteiger partial charge in [-0.2, -0.15) is 0 Å². The zero-order chi connectivity index (χ0) is 12.4. The van der Waals surface area contributed by atoms with Crippen LogP contribution in [0.25, 0.3) is 0 Å². The van der Waals surface area contributed by atoms with E-state index < -0.39 is 17.4 Å². The van der Waals surface area contributed by atoms with Crippen LogP contribution in [0.2, 0.25) is 16.7 Å². The van der Waals surface area contributed by atoms with Gasteiger partial charge in [0.1, 0.15) is 0 Å². The van der Waals surface area contributed by atoms with Crippen molar-refractivity contribution in [2.75, 3.05) is 13.2 Å². The largest absolute Gasteiger partial charge is 0.420 e. The molecule has 98 valence electrons. The molecular weight excluding hydrogens is 244 g/mol. The molecule has 0 saturated carbocycles. The van der Waals surface area contributed by atoms with E-state index in [1.54, 1.807) is 0 Å². The van der Waals surface area contributed by atoms with Gasteiger partial charge in [-0.3, -0.25) is 0 Å². The Hall–Kier alpha value is 0.0938. The number of hydrogen-bond acceptors (Lipinski definition) is 2. The van der Waals surface area contributed by atoms with Crippen LogP contribution in [0.4, 0.5) is 0 Å². The van der Waals surface area contributed by atoms with Gasteiger partial charge in [-0.25, -0.2) is 0 Å². The Kier molecular flexibility index (Phi) is 4.28. The van der Waals surface area contributed by atoms with Crippen LogP contribution in [-0.2, 0) is 8.85 Å². The van der Waals surface area contributed by atoms with Crippen LogP contribution in [0.1, 0.15) is 39.5 Å². The third-order valence-electron chi connectivity index (χ3n) is 4.71. The van der Waals surface area contributed by atoms with E-state index in [1.807, 2.05) is 0 Å². The molecular formula is C13H26O2Si2. The minimum Gasteiger partial charge on any atom is -0.420 e. The van der Waals surface area contributed by atoms with Crippen molar-refractivity contribution in [2.24, 2.45) is 0 Å². The molecule has 2 heterocycles. The van der Waals surface area contributed by atoms with Crippen LogP contribution in [0.15, 0.2) is 12.3 Å². The van der Waals surface area contributed by atoms with E-state index in [-0.39, 0.29) is 0 Å². The minimum atomic E-state index is -1.77. The van der Waals surface area contributed by atoms with E-state index >= 15 is 0 Å². The fourth-order valence-corrected chi connectivity index (χ4v) is 12.9. The van der Waals surface area contributed by atoms with Gasteiger partial charge in [0, 0.05) is 17.9 Å². The molecule has 2 aliphatic heterocycles. The molecule has 2 unspecified atom stereocenters. The molecule has 0 aromatic heterocycles. The van der Waals surface area contributed by atoms with Gasteiger partial charge in [-0.1, -0.05) is 32.4 Å². The predicted octanol–water partition coefficient (Wildman–Crippen LogP) is 3.32. The van der Waals surface area contributed by atoms with Crippen molar-refractivity contribution < 1.29 is 8.85 Å². The molecule has 0 aromatic carbocycles. The summed E-state index contributed by atoms with van der Waals surface area (Å²) in [5.41, 5.74) is 2.21. The zero-order valence-corrected chi connectivity index (χ0v) is 13.5. The maximum Gasteiger partial charge on any atom is 0.221 e. The summed E-state index contributed by atoms with van der Waals surface area (Å²) < 4.78 is 12.8. The molecule has 0 radical (unpaired) electrons. The Morgan fingerprint density at radius 2 is 1.94 bits per heavy atom. The van der Waals surface area contributed by atoms with Crippen molar-refractivity contribution in [2.45, 2.75) is 56.3 Å². The zero-order valence-electron chi connectivity index (χ0n) is 11.3. The van der Waals surface area contributed by atoms with Gasteiger partial charge in [-0.05, 0) is 24.9 Å². The molecule has 2 fully saturated rings. The summed E-state index contributed by atoms with van der Waals surface area (Å²) in [6, 6.07) is 2.59. The Morgan fingerprint density at radius 3 is 2.47 bits per heavy atom. The summed E-state index contributed by atoms with van der Waals surface area (Å²) in [5, 5.41) is 0. The highest BCUT2D eigenvalue weighted by atomic mass is 28.4. The molecule has 2 nitrogen and oxygen atoms in total. The number of rotatable bonds is 3. The van der Waals surface area contributed by atoms with Gasteiger partial charge in [0.25, 0.3) is 0 Å². The average Bonchev–Trinajstić information content (AvgIpc) is 2.40. The maximum absolute atomic E-state index is 6.31. The van der Waals surface area contributed by atoms with Crippen molar-refractivity contribution in [3.05, 3.63) is 12.3 Å². The Morgan fingerprint density at radius 1 is 1.18 bits per heavy atom. The van der Waals surface area contributed by atoms with Gasteiger partial charge in [0.05, 0.1) is 0 Å². The Balaban J connectivity index is 2.17. The van der Waals surface area contributed by atoms with E-state index in [9.17, 15) is 0 Å². The fourth-order valence-electron chi connectivity index (χ4n) is 3.33. The van der Waals surface area contributed by atoms with Crippen molar-refractivity contribution in [3.8, 4) is 0 Å². The first kappa shape index (κ1) is 13.5. The van der Waals surface area contributed by atoms with Crippen LogP contribution < -0.4 is 0 Å². The quantitative estimate of drug-likeness (QED) is 0.733. The third kappa shape index (κ3) is 2.45. The van der Waals surface area contributed by atoms with Crippen LogP contribution in [0.5, 0.6) is 0 Å².